The molecule has 1 aliphatic heterocycles. The van der Waals surface area contributed by atoms with Crippen molar-refractivity contribution >= 4 is 17.7 Å². The Labute approximate surface area is 181 Å². The standard InChI is InChI=1S/C24H26N2O5/c1-16(2)18-5-3-17(4-6-18)13-25(21-8-9-21)23(27)10-7-19-11-22(26(28)29)12-20-14-30-15-31-24(19)20/h3-7,10-12,16,21H,8-9,13-15H2,1-2H3/b10-7+. The SMILES string of the molecule is CC(C)c1ccc(CN(C(=O)/C=C/c2cc([N+](=O)[O-])cc3c2OCOC3)C2CC2)cc1. The van der Waals surface area contributed by atoms with Crippen molar-refractivity contribution in [1.82, 2.24) is 4.90 Å². The van der Waals surface area contributed by atoms with Crippen LogP contribution in [-0.4, -0.2) is 28.6 Å². The van der Waals surface area contributed by atoms with E-state index in [2.05, 4.69) is 38.1 Å². The number of ether oxygens (including phenoxy) is 2. The number of non-ortho nitro benzene ring substituents is 1. The van der Waals surface area contributed by atoms with Crippen molar-refractivity contribution in [1.29, 1.82) is 0 Å². The molecule has 2 aliphatic rings. The average Bonchev–Trinajstić information content (AvgIpc) is 3.60. The maximum Gasteiger partial charge on any atom is 0.270 e. The van der Waals surface area contributed by atoms with Crippen LogP contribution in [0, 0.1) is 10.1 Å². The number of carbonyl (C=O) groups is 1. The van der Waals surface area contributed by atoms with E-state index >= 15 is 0 Å². The molecule has 162 valence electrons. The third-order valence-corrected chi connectivity index (χ3v) is 5.61. The number of hydrogen-bond donors (Lipinski definition) is 0. The number of carbonyl (C=O) groups excluding carboxylic acids is 1. The molecule has 1 amide bonds. The number of amides is 1. The van der Waals surface area contributed by atoms with E-state index in [0.717, 1.165) is 18.4 Å². The monoisotopic (exact) mass is 422 g/mol. The summed E-state index contributed by atoms with van der Waals surface area (Å²) in [6.07, 6.45) is 5.09. The van der Waals surface area contributed by atoms with Crippen LogP contribution in [0.4, 0.5) is 5.69 Å². The lowest BCUT2D eigenvalue weighted by Crippen LogP contribution is -2.31. The topological polar surface area (TPSA) is 81.9 Å². The Morgan fingerprint density at radius 3 is 2.65 bits per heavy atom. The van der Waals surface area contributed by atoms with E-state index in [1.807, 2.05) is 4.90 Å². The predicted octanol–water partition coefficient (Wildman–Crippen LogP) is 4.79. The second-order valence-corrected chi connectivity index (χ2v) is 8.32. The van der Waals surface area contributed by atoms with Crippen LogP contribution in [0.1, 0.15) is 54.9 Å². The van der Waals surface area contributed by atoms with E-state index in [9.17, 15) is 14.9 Å². The minimum atomic E-state index is -0.453. The molecule has 0 aromatic heterocycles. The molecule has 0 saturated heterocycles. The van der Waals surface area contributed by atoms with Gasteiger partial charge in [0.2, 0.25) is 5.91 Å². The highest BCUT2D eigenvalue weighted by atomic mass is 16.7. The number of hydrogen-bond acceptors (Lipinski definition) is 5. The normalized spacial score (nSPS) is 15.6. The number of benzene rings is 2. The van der Waals surface area contributed by atoms with Crippen LogP contribution >= 0.6 is 0 Å². The molecular weight excluding hydrogens is 396 g/mol. The molecule has 4 rings (SSSR count). The molecule has 1 fully saturated rings. The first kappa shape index (κ1) is 21.1. The Balaban J connectivity index is 1.54. The minimum absolute atomic E-state index is 0.0516. The van der Waals surface area contributed by atoms with E-state index in [1.165, 1.54) is 23.8 Å². The van der Waals surface area contributed by atoms with Crippen molar-refractivity contribution in [2.75, 3.05) is 6.79 Å². The van der Waals surface area contributed by atoms with Gasteiger partial charge in [0.1, 0.15) is 5.75 Å². The van der Waals surface area contributed by atoms with Gasteiger partial charge in [-0.05, 0) is 36.0 Å². The van der Waals surface area contributed by atoms with Gasteiger partial charge >= 0.3 is 0 Å². The Morgan fingerprint density at radius 2 is 2.00 bits per heavy atom. The van der Waals surface area contributed by atoms with Crippen LogP contribution in [0.2, 0.25) is 0 Å². The van der Waals surface area contributed by atoms with Gasteiger partial charge in [-0.3, -0.25) is 14.9 Å². The van der Waals surface area contributed by atoms with Crippen molar-refractivity contribution in [2.24, 2.45) is 0 Å². The summed E-state index contributed by atoms with van der Waals surface area (Å²) < 4.78 is 10.8. The number of nitro benzene ring substituents is 1. The van der Waals surface area contributed by atoms with Crippen LogP contribution in [0.3, 0.4) is 0 Å². The summed E-state index contributed by atoms with van der Waals surface area (Å²) in [6, 6.07) is 11.5. The van der Waals surface area contributed by atoms with Gasteiger partial charge in [-0.1, -0.05) is 38.1 Å². The summed E-state index contributed by atoms with van der Waals surface area (Å²) in [4.78, 5) is 25.7. The largest absolute Gasteiger partial charge is 0.467 e. The van der Waals surface area contributed by atoms with Crippen LogP contribution < -0.4 is 4.74 Å². The molecule has 0 N–H and O–H groups in total. The van der Waals surface area contributed by atoms with Gasteiger partial charge in [-0.2, -0.15) is 0 Å². The maximum absolute atomic E-state index is 13.0. The van der Waals surface area contributed by atoms with E-state index in [-0.39, 0.29) is 31.0 Å². The number of rotatable bonds is 7. The van der Waals surface area contributed by atoms with Crippen LogP contribution in [0.15, 0.2) is 42.5 Å². The highest BCUT2D eigenvalue weighted by molar-refractivity contribution is 5.92. The third-order valence-electron chi connectivity index (χ3n) is 5.61. The predicted molar refractivity (Wildman–Crippen MR) is 117 cm³/mol. The molecule has 7 nitrogen and oxygen atoms in total. The summed E-state index contributed by atoms with van der Waals surface area (Å²) in [5.41, 5.74) is 3.43. The fourth-order valence-corrected chi connectivity index (χ4v) is 3.70. The lowest BCUT2D eigenvalue weighted by atomic mass is 10.0. The molecule has 0 spiro atoms. The number of nitro groups is 1. The summed E-state index contributed by atoms with van der Waals surface area (Å²) in [5.74, 6) is 0.887. The summed E-state index contributed by atoms with van der Waals surface area (Å²) >= 11 is 0. The highest BCUT2D eigenvalue weighted by Crippen LogP contribution is 2.34. The van der Waals surface area contributed by atoms with Gasteiger partial charge in [-0.15, -0.1) is 0 Å². The third kappa shape index (κ3) is 4.94. The molecule has 1 saturated carbocycles. The minimum Gasteiger partial charge on any atom is -0.467 e. The Morgan fingerprint density at radius 1 is 1.26 bits per heavy atom. The van der Waals surface area contributed by atoms with Gasteiger partial charge in [-0.25, -0.2) is 0 Å². The smallest absolute Gasteiger partial charge is 0.270 e. The van der Waals surface area contributed by atoms with Gasteiger partial charge < -0.3 is 14.4 Å². The van der Waals surface area contributed by atoms with Gasteiger partial charge in [0, 0.05) is 41.9 Å². The van der Waals surface area contributed by atoms with Gasteiger partial charge in [0.25, 0.3) is 5.69 Å². The molecule has 0 atom stereocenters. The lowest BCUT2D eigenvalue weighted by Gasteiger charge is -2.22. The molecule has 0 radical (unpaired) electrons. The summed E-state index contributed by atoms with van der Waals surface area (Å²) in [6.45, 7) is 5.18. The lowest BCUT2D eigenvalue weighted by molar-refractivity contribution is -0.385. The van der Waals surface area contributed by atoms with E-state index in [4.69, 9.17) is 9.47 Å². The van der Waals surface area contributed by atoms with Crippen molar-refractivity contribution in [2.45, 2.75) is 51.8 Å². The molecule has 0 unspecified atom stereocenters. The molecule has 2 aromatic carbocycles. The van der Waals surface area contributed by atoms with Gasteiger partial charge in [0.15, 0.2) is 6.79 Å². The molecule has 31 heavy (non-hydrogen) atoms. The van der Waals surface area contributed by atoms with E-state index in [1.54, 1.807) is 6.08 Å². The Hall–Kier alpha value is -3.19. The summed E-state index contributed by atoms with van der Waals surface area (Å²) in [5, 5.41) is 11.3. The van der Waals surface area contributed by atoms with E-state index < -0.39 is 4.92 Å². The Kier molecular flexibility index (Phi) is 6.04. The zero-order chi connectivity index (χ0) is 22.0. The van der Waals surface area contributed by atoms with Crippen LogP contribution in [0.25, 0.3) is 6.08 Å². The zero-order valence-corrected chi connectivity index (χ0v) is 17.7. The van der Waals surface area contributed by atoms with Gasteiger partial charge in [0.05, 0.1) is 11.5 Å². The number of fused-ring (bicyclic) bond motifs is 1. The van der Waals surface area contributed by atoms with Crippen molar-refractivity contribution in [3.8, 4) is 5.75 Å². The Bertz CT molecular complexity index is 1010. The molecule has 1 heterocycles. The number of nitrogens with zero attached hydrogens (tertiary/aromatic N) is 2. The first-order chi connectivity index (χ1) is 14.9. The second kappa shape index (κ2) is 8.89. The van der Waals surface area contributed by atoms with Crippen LogP contribution in [-0.2, 0) is 22.7 Å². The van der Waals surface area contributed by atoms with Crippen molar-refractivity contribution in [3.63, 3.8) is 0 Å². The quantitative estimate of drug-likeness (QED) is 0.364. The molecule has 1 aliphatic carbocycles. The fourth-order valence-electron chi connectivity index (χ4n) is 3.70. The molecule has 7 heteroatoms. The molecule has 2 aromatic rings. The zero-order valence-electron chi connectivity index (χ0n) is 17.7. The fraction of sp³-hybridized carbons (Fsp3) is 0.375. The van der Waals surface area contributed by atoms with Crippen molar-refractivity contribution < 1.29 is 19.2 Å². The average molecular weight is 422 g/mol. The first-order valence-corrected chi connectivity index (χ1v) is 10.5. The van der Waals surface area contributed by atoms with Crippen molar-refractivity contribution in [3.05, 3.63) is 74.8 Å². The van der Waals surface area contributed by atoms with E-state index in [0.29, 0.717) is 29.3 Å². The second-order valence-electron chi connectivity index (χ2n) is 8.32. The molecule has 0 bridgehead atoms. The summed E-state index contributed by atoms with van der Waals surface area (Å²) in [7, 11) is 0. The molecular formula is C24H26N2O5. The van der Waals surface area contributed by atoms with Crippen LogP contribution in [0.5, 0.6) is 5.75 Å². The highest BCUT2D eigenvalue weighted by Gasteiger charge is 2.31. The maximum atomic E-state index is 13.0. The first-order valence-electron chi connectivity index (χ1n) is 10.5.